The summed E-state index contributed by atoms with van der Waals surface area (Å²) in [5.41, 5.74) is 5.61. The molecule has 90 valence electrons. The largest absolute Gasteiger partial charge is 0.391 e. The van der Waals surface area contributed by atoms with Crippen LogP contribution in [0.15, 0.2) is 0 Å². The Kier molecular flexibility index (Phi) is 6.89. The van der Waals surface area contributed by atoms with Crippen molar-refractivity contribution in [1.29, 1.82) is 0 Å². The van der Waals surface area contributed by atoms with E-state index in [-0.39, 0.29) is 24.4 Å². The Morgan fingerprint density at radius 3 is 2.67 bits per heavy atom. The zero-order valence-corrected chi connectivity index (χ0v) is 9.93. The average Bonchev–Trinajstić information content (AvgIpc) is 2.97. The van der Waals surface area contributed by atoms with Crippen LogP contribution in [0.5, 0.6) is 0 Å². The highest BCUT2D eigenvalue weighted by Crippen LogP contribution is 2.32. The van der Waals surface area contributed by atoms with E-state index in [1.165, 1.54) is 0 Å². The van der Waals surface area contributed by atoms with Gasteiger partial charge in [0.05, 0.1) is 12.1 Å². The first-order valence-electron chi connectivity index (χ1n) is 5.36. The molecular weight excluding hydrogens is 216 g/mol. The molecule has 0 heterocycles. The van der Waals surface area contributed by atoms with Crippen molar-refractivity contribution in [3.8, 4) is 0 Å². The van der Waals surface area contributed by atoms with Crippen molar-refractivity contribution in [2.24, 2.45) is 11.7 Å². The van der Waals surface area contributed by atoms with Gasteiger partial charge in [0.25, 0.3) is 0 Å². The second kappa shape index (κ2) is 7.04. The van der Waals surface area contributed by atoms with Crippen LogP contribution in [-0.4, -0.2) is 29.7 Å². The van der Waals surface area contributed by atoms with Gasteiger partial charge in [-0.1, -0.05) is 13.3 Å². The maximum atomic E-state index is 11.3. The van der Waals surface area contributed by atoms with Crippen molar-refractivity contribution in [3.05, 3.63) is 0 Å². The number of amides is 1. The molecule has 0 aromatic heterocycles. The summed E-state index contributed by atoms with van der Waals surface area (Å²) < 4.78 is 0. The Morgan fingerprint density at radius 1 is 1.60 bits per heavy atom. The van der Waals surface area contributed by atoms with Crippen molar-refractivity contribution in [2.75, 3.05) is 6.54 Å². The quantitative estimate of drug-likeness (QED) is 0.626. The molecule has 0 spiro atoms. The van der Waals surface area contributed by atoms with Crippen molar-refractivity contribution < 1.29 is 9.90 Å². The topological polar surface area (TPSA) is 75.4 Å². The smallest absolute Gasteiger partial charge is 0.237 e. The van der Waals surface area contributed by atoms with Crippen molar-refractivity contribution in [3.63, 3.8) is 0 Å². The third-order valence-corrected chi connectivity index (χ3v) is 2.59. The number of hydrogen-bond acceptors (Lipinski definition) is 3. The van der Waals surface area contributed by atoms with E-state index in [4.69, 9.17) is 5.73 Å². The minimum Gasteiger partial charge on any atom is -0.391 e. The van der Waals surface area contributed by atoms with Gasteiger partial charge in [0.2, 0.25) is 5.91 Å². The van der Waals surface area contributed by atoms with Gasteiger partial charge in [-0.2, -0.15) is 0 Å². The lowest BCUT2D eigenvalue weighted by molar-refractivity contribution is -0.123. The first-order valence-corrected chi connectivity index (χ1v) is 5.36. The molecule has 0 aromatic rings. The van der Waals surface area contributed by atoms with Crippen LogP contribution in [0.3, 0.4) is 0 Å². The van der Waals surface area contributed by atoms with Crippen molar-refractivity contribution in [2.45, 2.75) is 44.8 Å². The second-order valence-corrected chi connectivity index (χ2v) is 4.05. The molecule has 4 nitrogen and oxygen atoms in total. The zero-order valence-electron chi connectivity index (χ0n) is 9.11. The molecule has 0 saturated heterocycles. The van der Waals surface area contributed by atoms with E-state index in [0.717, 1.165) is 19.3 Å². The SMILES string of the molecule is CCCC(N)C(=O)NCC(O)C1CC1.Cl. The molecule has 1 aliphatic carbocycles. The molecule has 1 rings (SSSR count). The van der Waals surface area contributed by atoms with Gasteiger partial charge in [-0.05, 0) is 25.2 Å². The third-order valence-electron chi connectivity index (χ3n) is 2.59. The highest BCUT2D eigenvalue weighted by molar-refractivity contribution is 5.85. The fraction of sp³-hybridized carbons (Fsp3) is 0.900. The first kappa shape index (κ1) is 14.7. The molecule has 0 bridgehead atoms. The summed E-state index contributed by atoms with van der Waals surface area (Å²) in [4.78, 5) is 11.3. The molecule has 1 fully saturated rings. The number of aliphatic hydroxyl groups excluding tert-OH is 1. The number of carbonyl (C=O) groups excluding carboxylic acids is 1. The van der Waals surface area contributed by atoms with Gasteiger partial charge < -0.3 is 16.2 Å². The molecule has 4 N–H and O–H groups in total. The van der Waals surface area contributed by atoms with E-state index in [1.54, 1.807) is 0 Å². The lowest BCUT2D eigenvalue weighted by Crippen LogP contribution is -2.43. The van der Waals surface area contributed by atoms with Gasteiger partial charge in [-0.15, -0.1) is 12.4 Å². The van der Waals surface area contributed by atoms with E-state index in [1.807, 2.05) is 6.92 Å². The van der Waals surface area contributed by atoms with E-state index in [0.29, 0.717) is 18.9 Å². The molecule has 2 unspecified atom stereocenters. The monoisotopic (exact) mass is 236 g/mol. The number of aliphatic hydroxyl groups is 1. The Labute approximate surface area is 97.0 Å². The number of hydrogen-bond donors (Lipinski definition) is 3. The van der Waals surface area contributed by atoms with Gasteiger partial charge in [0.15, 0.2) is 0 Å². The molecular formula is C10H21ClN2O2. The highest BCUT2D eigenvalue weighted by Gasteiger charge is 2.29. The molecule has 2 atom stereocenters. The van der Waals surface area contributed by atoms with Crippen molar-refractivity contribution >= 4 is 18.3 Å². The zero-order chi connectivity index (χ0) is 10.6. The van der Waals surface area contributed by atoms with Gasteiger partial charge in [-0.3, -0.25) is 4.79 Å². The molecule has 15 heavy (non-hydrogen) atoms. The molecule has 0 radical (unpaired) electrons. The molecule has 1 saturated carbocycles. The Balaban J connectivity index is 0.00000196. The number of halogens is 1. The van der Waals surface area contributed by atoms with Crippen LogP contribution in [0.4, 0.5) is 0 Å². The maximum absolute atomic E-state index is 11.3. The minimum atomic E-state index is -0.425. The first-order chi connectivity index (χ1) is 6.65. The number of carbonyl (C=O) groups is 1. The van der Waals surface area contributed by atoms with Crippen LogP contribution in [0.25, 0.3) is 0 Å². The normalized spacial score (nSPS) is 18.9. The van der Waals surface area contributed by atoms with Crippen LogP contribution >= 0.6 is 12.4 Å². The predicted molar refractivity (Wildman–Crippen MR) is 61.9 cm³/mol. The standard InChI is InChI=1S/C10H20N2O2.ClH/c1-2-3-8(11)10(14)12-6-9(13)7-4-5-7;/h7-9,13H,2-6,11H2,1H3,(H,12,14);1H. The summed E-state index contributed by atoms with van der Waals surface area (Å²) >= 11 is 0. The summed E-state index contributed by atoms with van der Waals surface area (Å²) in [6.07, 6.45) is 3.38. The average molecular weight is 237 g/mol. The lowest BCUT2D eigenvalue weighted by atomic mass is 10.1. The Hall–Kier alpha value is -0.320. The summed E-state index contributed by atoms with van der Waals surface area (Å²) in [6, 6.07) is -0.425. The van der Waals surface area contributed by atoms with Gasteiger partial charge in [-0.25, -0.2) is 0 Å². The summed E-state index contributed by atoms with van der Waals surface area (Å²) in [6.45, 7) is 2.34. The van der Waals surface area contributed by atoms with Crippen molar-refractivity contribution in [1.82, 2.24) is 5.32 Å². The molecule has 1 amide bonds. The van der Waals surface area contributed by atoms with E-state index < -0.39 is 6.04 Å². The fourth-order valence-electron chi connectivity index (χ4n) is 1.43. The summed E-state index contributed by atoms with van der Waals surface area (Å²) in [5.74, 6) is 0.254. The highest BCUT2D eigenvalue weighted by atomic mass is 35.5. The molecule has 0 aliphatic heterocycles. The fourth-order valence-corrected chi connectivity index (χ4v) is 1.43. The van der Waals surface area contributed by atoms with Gasteiger partial charge in [0, 0.05) is 6.54 Å². The second-order valence-electron chi connectivity index (χ2n) is 4.05. The van der Waals surface area contributed by atoms with E-state index >= 15 is 0 Å². The van der Waals surface area contributed by atoms with Crippen LogP contribution < -0.4 is 11.1 Å². The Morgan fingerprint density at radius 2 is 2.20 bits per heavy atom. The third kappa shape index (κ3) is 5.35. The minimum absolute atomic E-state index is 0. The van der Waals surface area contributed by atoms with Crippen LogP contribution in [0.1, 0.15) is 32.6 Å². The lowest BCUT2D eigenvalue weighted by Gasteiger charge is -2.14. The molecule has 1 aliphatic rings. The van der Waals surface area contributed by atoms with Gasteiger partial charge in [0.1, 0.15) is 0 Å². The van der Waals surface area contributed by atoms with E-state index in [2.05, 4.69) is 5.32 Å². The number of nitrogens with two attached hydrogens (primary N) is 1. The summed E-state index contributed by atoms with van der Waals surface area (Å²) in [5, 5.41) is 12.2. The van der Waals surface area contributed by atoms with Crippen LogP contribution in [0, 0.1) is 5.92 Å². The van der Waals surface area contributed by atoms with E-state index in [9.17, 15) is 9.90 Å². The number of rotatable bonds is 6. The predicted octanol–water partition coefficient (Wildman–Crippen LogP) is 0.423. The summed E-state index contributed by atoms with van der Waals surface area (Å²) in [7, 11) is 0. The van der Waals surface area contributed by atoms with Crippen LogP contribution in [0.2, 0.25) is 0 Å². The van der Waals surface area contributed by atoms with Gasteiger partial charge >= 0.3 is 0 Å². The number of nitrogens with one attached hydrogen (secondary N) is 1. The van der Waals surface area contributed by atoms with Crippen LogP contribution in [-0.2, 0) is 4.79 Å². The maximum Gasteiger partial charge on any atom is 0.237 e. The Bertz CT molecular complexity index is 198. The molecule has 5 heteroatoms. The molecule has 0 aromatic carbocycles.